The Morgan fingerprint density at radius 2 is 2.05 bits per heavy atom. The van der Waals surface area contributed by atoms with Gasteiger partial charge in [-0.05, 0) is 12.8 Å². The Hall–Kier alpha value is -2.10. The molecule has 1 aromatic heterocycles. The molecule has 3 rings (SSSR count). The SMILES string of the molecule is CC(=O)N1CCC[C@H]1c1nc(-c2ccccc2)c(C(C)C)o1. The number of rotatable bonds is 3. The summed E-state index contributed by atoms with van der Waals surface area (Å²) < 4.78 is 6.09. The summed E-state index contributed by atoms with van der Waals surface area (Å²) in [5, 5.41) is 0. The second-order valence-electron chi connectivity index (χ2n) is 6.16. The van der Waals surface area contributed by atoms with Crippen LogP contribution in [0.2, 0.25) is 0 Å². The molecule has 4 nitrogen and oxygen atoms in total. The first-order valence-corrected chi connectivity index (χ1v) is 7.91. The number of hydrogen-bond donors (Lipinski definition) is 0. The van der Waals surface area contributed by atoms with E-state index in [0.717, 1.165) is 36.4 Å². The van der Waals surface area contributed by atoms with Gasteiger partial charge in [-0.3, -0.25) is 4.79 Å². The Balaban J connectivity index is 2.02. The predicted octanol–water partition coefficient (Wildman–Crippen LogP) is 4.15. The van der Waals surface area contributed by atoms with E-state index < -0.39 is 0 Å². The summed E-state index contributed by atoms with van der Waals surface area (Å²) in [7, 11) is 0. The van der Waals surface area contributed by atoms with Gasteiger partial charge >= 0.3 is 0 Å². The van der Waals surface area contributed by atoms with Gasteiger partial charge < -0.3 is 9.32 Å². The van der Waals surface area contributed by atoms with E-state index >= 15 is 0 Å². The van der Waals surface area contributed by atoms with E-state index in [-0.39, 0.29) is 17.9 Å². The zero-order valence-electron chi connectivity index (χ0n) is 13.4. The normalized spacial score (nSPS) is 18.2. The lowest BCUT2D eigenvalue weighted by Crippen LogP contribution is -2.28. The minimum Gasteiger partial charge on any atom is -0.442 e. The highest BCUT2D eigenvalue weighted by Gasteiger charge is 2.33. The fraction of sp³-hybridized carbons (Fsp3) is 0.444. The minimum atomic E-state index is -0.0209. The van der Waals surface area contributed by atoms with Crippen LogP contribution in [-0.4, -0.2) is 22.3 Å². The molecular weight excluding hydrogens is 276 g/mol. The van der Waals surface area contributed by atoms with Crippen molar-refractivity contribution in [2.75, 3.05) is 6.54 Å². The Kier molecular flexibility index (Phi) is 4.01. The number of oxazole rings is 1. The number of aromatic nitrogens is 1. The molecule has 1 aromatic carbocycles. The number of amides is 1. The highest BCUT2D eigenvalue weighted by Crippen LogP contribution is 2.37. The molecule has 116 valence electrons. The molecule has 1 aliphatic rings. The molecule has 2 aromatic rings. The quantitative estimate of drug-likeness (QED) is 0.855. The van der Waals surface area contributed by atoms with Crippen LogP contribution in [0.4, 0.5) is 0 Å². The van der Waals surface area contributed by atoms with Gasteiger partial charge in [-0.1, -0.05) is 44.2 Å². The van der Waals surface area contributed by atoms with E-state index in [1.807, 2.05) is 35.2 Å². The maximum Gasteiger partial charge on any atom is 0.220 e. The predicted molar refractivity (Wildman–Crippen MR) is 85.4 cm³/mol. The first kappa shape index (κ1) is 14.8. The molecule has 4 heteroatoms. The minimum absolute atomic E-state index is 0.0209. The summed E-state index contributed by atoms with van der Waals surface area (Å²) in [5.41, 5.74) is 1.97. The zero-order valence-corrected chi connectivity index (χ0v) is 13.4. The Bertz CT molecular complexity index is 661. The van der Waals surface area contributed by atoms with Gasteiger partial charge in [-0.25, -0.2) is 4.98 Å². The molecule has 1 fully saturated rings. The molecule has 0 bridgehead atoms. The van der Waals surface area contributed by atoms with Crippen LogP contribution < -0.4 is 0 Å². The third kappa shape index (κ3) is 2.65. The van der Waals surface area contributed by atoms with Gasteiger partial charge in [-0.15, -0.1) is 0 Å². The molecule has 1 aliphatic heterocycles. The summed E-state index contributed by atoms with van der Waals surface area (Å²) in [6.07, 6.45) is 1.93. The second kappa shape index (κ2) is 5.95. The van der Waals surface area contributed by atoms with Crippen molar-refractivity contribution < 1.29 is 9.21 Å². The zero-order chi connectivity index (χ0) is 15.7. The van der Waals surface area contributed by atoms with Crippen LogP contribution in [0.15, 0.2) is 34.7 Å². The molecule has 0 aliphatic carbocycles. The van der Waals surface area contributed by atoms with Crippen LogP contribution >= 0.6 is 0 Å². The van der Waals surface area contributed by atoms with E-state index in [9.17, 15) is 4.79 Å². The van der Waals surface area contributed by atoms with Crippen LogP contribution in [0, 0.1) is 0 Å². The van der Waals surface area contributed by atoms with Crippen LogP contribution in [0.1, 0.15) is 57.2 Å². The fourth-order valence-electron chi connectivity index (χ4n) is 3.09. The standard InChI is InChI=1S/C18H22N2O2/c1-12(2)17-16(14-8-5-4-6-9-14)19-18(22-17)15-10-7-11-20(15)13(3)21/h4-6,8-9,12,15H,7,10-11H2,1-3H3/t15-/m0/s1. The third-order valence-electron chi connectivity index (χ3n) is 4.18. The number of likely N-dealkylation sites (tertiary alicyclic amines) is 1. The maximum atomic E-state index is 11.8. The Morgan fingerprint density at radius 3 is 2.68 bits per heavy atom. The van der Waals surface area contributed by atoms with Gasteiger partial charge in [0.2, 0.25) is 11.8 Å². The van der Waals surface area contributed by atoms with E-state index in [2.05, 4.69) is 13.8 Å². The molecule has 1 amide bonds. The van der Waals surface area contributed by atoms with Gasteiger partial charge in [-0.2, -0.15) is 0 Å². The smallest absolute Gasteiger partial charge is 0.220 e. The van der Waals surface area contributed by atoms with E-state index in [1.54, 1.807) is 6.92 Å². The summed E-state index contributed by atoms with van der Waals surface area (Å²) in [4.78, 5) is 18.4. The first-order valence-electron chi connectivity index (χ1n) is 7.91. The molecular formula is C18H22N2O2. The number of carbonyl (C=O) groups is 1. The molecule has 22 heavy (non-hydrogen) atoms. The number of carbonyl (C=O) groups excluding carboxylic acids is 1. The van der Waals surface area contributed by atoms with E-state index in [4.69, 9.17) is 9.40 Å². The molecule has 0 spiro atoms. The van der Waals surface area contributed by atoms with Crippen LogP contribution in [0.25, 0.3) is 11.3 Å². The van der Waals surface area contributed by atoms with Crippen molar-refractivity contribution in [3.63, 3.8) is 0 Å². The van der Waals surface area contributed by atoms with Crippen molar-refractivity contribution in [3.8, 4) is 11.3 Å². The van der Waals surface area contributed by atoms with E-state index in [1.165, 1.54) is 0 Å². The molecule has 0 unspecified atom stereocenters. The van der Waals surface area contributed by atoms with Crippen molar-refractivity contribution in [3.05, 3.63) is 42.0 Å². The van der Waals surface area contributed by atoms with Gasteiger partial charge in [0.05, 0.1) is 0 Å². The lowest BCUT2D eigenvalue weighted by atomic mass is 10.0. The summed E-state index contributed by atoms with van der Waals surface area (Å²) in [5.74, 6) is 1.92. The summed E-state index contributed by atoms with van der Waals surface area (Å²) >= 11 is 0. The molecule has 0 radical (unpaired) electrons. The average molecular weight is 298 g/mol. The topological polar surface area (TPSA) is 46.3 Å². The largest absolute Gasteiger partial charge is 0.442 e. The summed E-state index contributed by atoms with van der Waals surface area (Å²) in [6, 6.07) is 10.1. The van der Waals surface area contributed by atoms with Crippen molar-refractivity contribution in [2.24, 2.45) is 0 Å². The van der Waals surface area contributed by atoms with Gasteiger partial charge in [0.15, 0.2) is 0 Å². The molecule has 1 atom stereocenters. The molecule has 1 saturated heterocycles. The molecule has 0 N–H and O–H groups in total. The maximum absolute atomic E-state index is 11.8. The van der Waals surface area contributed by atoms with Gasteiger partial charge in [0.25, 0.3) is 0 Å². The summed E-state index contributed by atoms with van der Waals surface area (Å²) in [6.45, 7) is 6.62. The lowest BCUT2D eigenvalue weighted by Gasteiger charge is -2.20. The Morgan fingerprint density at radius 1 is 1.32 bits per heavy atom. The number of benzene rings is 1. The number of hydrogen-bond acceptors (Lipinski definition) is 3. The molecule has 2 heterocycles. The third-order valence-corrected chi connectivity index (χ3v) is 4.18. The van der Waals surface area contributed by atoms with Crippen molar-refractivity contribution in [1.82, 2.24) is 9.88 Å². The van der Waals surface area contributed by atoms with Gasteiger partial charge in [0, 0.05) is 24.9 Å². The number of nitrogens with zero attached hydrogens (tertiary/aromatic N) is 2. The van der Waals surface area contributed by atoms with E-state index in [0.29, 0.717) is 5.89 Å². The van der Waals surface area contributed by atoms with Crippen LogP contribution in [0.5, 0.6) is 0 Å². The van der Waals surface area contributed by atoms with Crippen molar-refractivity contribution in [1.29, 1.82) is 0 Å². The highest BCUT2D eigenvalue weighted by molar-refractivity contribution is 5.74. The van der Waals surface area contributed by atoms with Crippen LogP contribution in [0.3, 0.4) is 0 Å². The van der Waals surface area contributed by atoms with Crippen molar-refractivity contribution >= 4 is 5.91 Å². The van der Waals surface area contributed by atoms with Gasteiger partial charge in [0.1, 0.15) is 17.5 Å². The average Bonchev–Trinajstić information content (AvgIpc) is 3.14. The lowest BCUT2D eigenvalue weighted by molar-refractivity contribution is -0.130. The second-order valence-corrected chi connectivity index (χ2v) is 6.16. The fourth-order valence-corrected chi connectivity index (χ4v) is 3.09. The first-order chi connectivity index (χ1) is 10.6. The Labute approximate surface area is 131 Å². The van der Waals surface area contributed by atoms with Crippen molar-refractivity contribution in [2.45, 2.75) is 45.6 Å². The monoisotopic (exact) mass is 298 g/mol. The molecule has 0 saturated carbocycles. The highest BCUT2D eigenvalue weighted by atomic mass is 16.4. The van der Waals surface area contributed by atoms with Crippen LogP contribution in [-0.2, 0) is 4.79 Å².